The average Bonchev–Trinajstić information content (AvgIpc) is 2.92. The monoisotopic (exact) mass is 313 g/mol. The SMILES string of the molecule is CC(C)C1(C#N)CC2(C(=O)C=Cc3ccccc32)c2ccccc21. The highest BCUT2D eigenvalue weighted by Crippen LogP contribution is 2.57. The van der Waals surface area contributed by atoms with Crippen molar-refractivity contribution in [2.24, 2.45) is 5.92 Å². The fourth-order valence-electron chi connectivity index (χ4n) is 4.53. The second-order valence-corrected chi connectivity index (χ2v) is 7.15. The maximum atomic E-state index is 13.2. The molecule has 0 fully saturated rings. The van der Waals surface area contributed by atoms with E-state index in [1.807, 2.05) is 54.6 Å². The first-order valence-corrected chi connectivity index (χ1v) is 8.39. The van der Waals surface area contributed by atoms with Gasteiger partial charge in [0.05, 0.1) is 16.9 Å². The number of fused-ring (bicyclic) bond motifs is 4. The quantitative estimate of drug-likeness (QED) is 0.783. The van der Waals surface area contributed by atoms with Crippen LogP contribution in [0.4, 0.5) is 0 Å². The summed E-state index contributed by atoms with van der Waals surface area (Å²) in [6.45, 7) is 4.15. The van der Waals surface area contributed by atoms with Gasteiger partial charge >= 0.3 is 0 Å². The normalized spacial score (nSPS) is 27.2. The van der Waals surface area contributed by atoms with E-state index in [2.05, 4.69) is 19.9 Å². The molecule has 2 aliphatic rings. The first kappa shape index (κ1) is 14.9. The Morgan fingerprint density at radius 2 is 1.58 bits per heavy atom. The lowest BCUT2D eigenvalue weighted by Crippen LogP contribution is -2.39. The molecule has 2 heteroatoms. The van der Waals surface area contributed by atoms with Crippen molar-refractivity contribution in [3.05, 3.63) is 76.9 Å². The molecule has 0 aliphatic heterocycles. The van der Waals surface area contributed by atoms with Gasteiger partial charge in [-0.3, -0.25) is 4.79 Å². The van der Waals surface area contributed by atoms with E-state index in [1.165, 1.54) is 0 Å². The van der Waals surface area contributed by atoms with Gasteiger partial charge in [-0.25, -0.2) is 0 Å². The van der Waals surface area contributed by atoms with Gasteiger partial charge in [0.2, 0.25) is 0 Å². The molecule has 1 spiro atoms. The summed E-state index contributed by atoms with van der Waals surface area (Å²) in [5, 5.41) is 10.1. The fraction of sp³-hybridized carbons (Fsp3) is 0.273. The molecule has 24 heavy (non-hydrogen) atoms. The first-order valence-electron chi connectivity index (χ1n) is 8.39. The molecule has 118 valence electrons. The van der Waals surface area contributed by atoms with E-state index in [1.54, 1.807) is 6.08 Å². The number of carbonyl (C=O) groups excluding carboxylic acids is 1. The van der Waals surface area contributed by atoms with E-state index in [0.717, 1.165) is 22.3 Å². The van der Waals surface area contributed by atoms with Crippen LogP contribution in [0.3, 0.4) is 0 Å². The lowest BCUT2D eigenvalue weighted by molar-refractivity contribution is -0.118. The van der Waals surface area contributed by atoms with Crippen LogP contribution in [0.1, 0.15) is 42.5 Å². The minimum Gasteiger partial charge on any atom is -0.293 e. The van der Waals surface area contributed by atoms with Crippen LogP contribution >= 0.6 is 0 Å². The number of allylic oxidation sites excluding steroid dienone is 1. The van der Waals surface area contributed by atoms with E-state index in [0.29, 0.717) is 6.42 Å². The number of ketones is 1. The van der Waals surface area contributed by atoms with Crippen LogP contribution in [0.2, 0.25) is 0 Å². The summed E-state index contributed by atoms with van der Waals surface area (Å²) in [5.74, 6) is 0.223. The molecule has 2 aliphatic carbocycles. The Kier molecular flexibility index (Phi) is 3.05. The molecule has 2 nitrogen and oxygen atoms in total. The Morgan fingerprint density at radius 1 is 0.958 bits per heavy atom. The number of carbonyl (C=O) groups is 1. The van der Waals surface area contributed by atoms with E-state index in [-0.39, 0.29) is 11.7 Å². The van der Waals surface area contributed by atoms with Crippen LogP contribution in [0, 0.1) is 17.2 Å². The second-order valence-electron chi connectivity index (χ2n) is 7.15. The maximum Gasteiger partial charge on any atom is 0.170 e. The van der Waals surface area contributed by atoms with Crippen LogP contribution < -0.4 is 0 Å². The molecule has 0 saturated carbocycles. The van der Waals surface area contributed by atoms with Gasteiger partial charge in [0.15, 0.2) is 5.78 Å². The third kappa shape index (κ3) is 1.62. The number of hydrogen-bond acceptors (Lipinski definition) is 2. The zero-order valence-corrected chi connectivity index (χ0v) is 13.9. The number of benzene rings is 2. The maximum absolute atomic E-state index is 13.2. The van der Waals surface area contributed by atoms with Crippen molar-refractivity contribution in [3.63, 3.8) is 0 Å². The van der Waals surface area contributed by atoms with Gasteiger partial charge in [0.1, 0.15) is 0 Å². The van der Waals surface area contributed by atoms with Gasteiger partial charge in [-0.1, -0.05) is 68.5 Å². The number of rotatable bonds is 1. The molecule has 0 amide bonds. The molecule has 0 radical (unpaired) electrons. The zero-order chi connectivity index (χ0) is 16.9. The van der Waals surface area contributed by atoms with Crippen molar-refractivity contribution in [2.45, 2.75) is 31.1 Å². The summed E-state index contributed by atoms with van der Waals surface area (Å²) in [4.78, 5) is 13.2. The van der Waals surface area contributed by atoms with Crippen LogP contribution in [0.15, 0.2) is 54.6 Å². The van der Waals surface area contributed by atoms with Crippen molar-refractivity contribution in [1.82, 2.24) is 0 Å². The zero-order valence-electron chi connectivity index (χ0n) is 13.9. The summed E-state index contributed by atoms with van der Waals surface area (Å²) in [7, 11) is 0. The lowest BCUT2D eigenvalue weighted by Gasteiger charge is -2.35. The predicted molar refractivity (Wildman–Crippen MR) is 94.5 cm³/mol. The molecule has 2 aromatic rings. The Labute approximate surface area is 142 Å². The summed E-state index contributed by atoms with van der Waals surface area (Å²) in [6.07, 6.45) is 4.11. The summed E-state index contributed by atoms with van der Waals surface area (Å²) in [5.41, 5.74) is 2.75. The van der Waals surface area contributed by atoms with Crippen LogP contribution in [-0.4, -0.2) is 5.78 Å². The standard InChI is InChI=1S/C22H19NO/c1-15(2)21(14-23)13-22(19-10-6-5-9-18(19)21)17-8-4-3-7-16(17)11-12-20(22)24/h3-12,15H,13H2,1-2H3. The molecule has 2 aromatic carbocycles. The lowest BCUT2D eigenvalue weighted by atomic mass is 9.65. The Morgan fingerprint density at radius 3 is 2.25 bits per heavy atom. The Balaban J connectivity index is 2.10. The third-order valence-electron chi connectivity index (χ3n) is 5.85. The Bertz CT molecular complexity index is 918. The number of nitriles is 1. The van der Waals surface area contributed by atoms with Gasteiger partial charge < -0.3 is 0 Å². The summed E-state index contributed by atoms with van der Waals surface area (Å²) in [6, 6.07) is 18.7. The molecule has 0 saturated heterocycles. The molecule has 0 heterocycles. The highest BCUT2D eigenvalue weighted by molar-refractivity contribution is 6.08. The van der Waals surface area contributed by atoms with E-state index in [9.17, 15) is 10.1 Å². The van der Waals surface area contributed by atoms with Crippen LogP contribution in [0.25, 0.3) is 6.08 Å². The smallest absolute Gasteiger partial charge is 0.170 e. The van der Waals surface area contributed by atoms with Crippen molar-refractivity contribution in [1.29, 1.82) is 5.26 Å². The minimum absolute atomic E-state index is 0.0893. The topological polar surface area (TPSA) is 40.9 Å². The number of nitrogens with zero attached hydrogens (tertiary/aromatic N) is 1. The van der Waals surface area contributed by atoms with E-state index < -0.39 is 10.8 Å². The summed E-state index contributed by atoms with van der Waals surface area (Å²) < 4.78 is 0. The van der Waals surface area contributed by atoms with Gasteiger partial charge in [-0.05, 0) is 40.7 Å². The molecular formula is C22H19NO. The van der Waals surface area contributed by atoms with Crippen molar-refractivity contribution in [3.8, 4) is 6.07 Å². The Hall–Kier alpha value is -2.66. The minimum atomic E-state index is -0.734. The molecular weight excluding hydrogens is 294 g/mol. The largest absolute Gasteiger partial charge is 0.293 e. The molecule has 4 rings (SSSR count). The van der Waals surface area contributed by atoms with E-state index >= 15 is 0 Å². The predicted octanol–water partition coefficient (Wildman–Crippen LogP) is 4.39. The van der Waals surface area contributed by atoms with Crippen molar-refractivity contribution < 1.29 is 4.79 Å². The number of hydrogen-bond donors (Lipinski definition) is 0. The molecule has 2 atom stereocenters. The fourth-order valence-corrected chi connectivity index (χ4v) is 4.53. The summed E-state index contributed by atoms with van der Waals surface area (Å²) >= 11 is 0. The van der Waals surface area contributed by atoms with Gasteiger partial charge in [-0.15, -0.1) is 0 Å². The highest BCUT2D eigenvalue weighted by Gasteiger charge is 2.58. The van der Waals surface area contributed by atoms with Gasteiger partial charge in [-0.2, -0.15) is 5.26 Å². The first-order chi connectivity index (χ1) is 11.6. The second kappa shape index (κ2) is 4.92. The average molecular weight is 313 g/mol. The van der Waals surface area contributed by atoms with Crippen molar-refractivity contribution in [2.75, 3.05) is 0 Å². The molecule has 0 bridgehead atoms. The molecule has 0 N–H and O–H groups in total. The molecule has 2 unspecified atom stereocenters. The third-order valence-corrected chi connectivity index (χ3v) is 5.85. The molecule has 0 aromatic heterocycles. The van der Waals surface area contributed by atoms with Gasteiger partial charge in [0, 0.05) is 0 Å². The van der Waals surface area contributed by atoms with Crippen molar-refractivity contribution >= 4 is 11.9 Å². The van der Waals surface area contributed by atoms with E-state index in [4.69, 9.17) is 0 Å². The van der Waals surface area contributed by atoms with Gasteiger partial charge in [0.25, 0.3) is 0 Å². The van der Waals surface area contributed by atoms with Crippen LogP contribution in [0.5, 0.6) is 0 Å². The highest BCUT2D eigenvalue weighted by atomic mass is 16.1. The van der Waals surface area contributed by atoms with Crippen LogP contribution in [-0.2, 0) is 15.6 Å².